The highest BCUT2D eigenvalue weighted by molar-refractivity contribution is 5.92. The summed E-state index contributed by atoms with van der Waals surface area (Å²) >= 11 is 0. The lowest BCUT2D eigenvalue weighted by atomic mass is 9.99. The molecule has 1 aliphatic rings. The van der Waals surface area contributed by atoms with Gasteiger partial charge < -0.3 is 10.2 Å². The van der Waals surface area contributed by atoms with Gasteiger partial charge in [0.2, 0.25) is 5.91 Å². The Morgan fingerprint density at radius 3 is 2.33 bits per heavy atom. The minimum atomic E-state index is -0.290. The fraction of sp³-hybridized carbons (Fsp3) is 0.350. The summed E-state index contributed by atoms with van der Waals surface area (Å²) in [5.74, 6) is 0.425. The maximum atomic E-state index is 12.9. The van der Waals surface area contributed by atoms with Crippen LogP contribution in [0.3, 0.4) is 0 Å². The zero-order valence-corrected chi connectivity index (χ0v) is 14.0. The molecule has 0 aliphatic carbocycles. The Bertz CT molecular complexity index is 674. The lowest BCUT2D eigenvalue weighted by Crippen LogP contribution is -2.32. The maximum absolute atomic E-state index is 12.9. The predicted molar refractivity (Wildman–Crippen MR) is 95.8 cm³/mol. The van der Waals surface area contributed by atoms with E-state index in [-0.39, 0.29) is 18.1 Å². The van der Waals surface area contributed by atoms with Crippen LogP contribution in [0.4, 0.5) is 15.8 Å². The lowest BCUT2D eigenvalue weighted by Gasteiger charge is -2.32. The molecule has 1 fully saturated rings. The summed E-state index contributed by atoms with van der Waals surface area (Å²) in [6, 6.07) is 14.0. The predicted octanol–water partition coefficient (Wildman–Crippen LogP) is 4.24. The molecule has 2 aromatic carbocycles. The third kappa shape index (κ3) is 4.34. The first-order valence-corrected chi connectivity index (χ1v) is 8.49. The third-order valence-corrected chi connectivity index (χ3v) is 4.58. The number of benzene rings is 2. The van der Waals surface area contributed by atoms with Crippen molar-refractivity contribution in [1.82, 2.24) is 0 Å². The molecule has 0 aromatic heterocycles. The lowest BCUT2D eigenvalue weighted by molar-refractivity contribution is -0.115. The standard InChI is InChI=1S/C20H23FN2O/c1-15-10-12-23(13-11-15)19-8-6-18(7-9-19)22-20(24)14-16-2-4-17(21)5-3-16/h2-9,15H,10-14H2,1H3,(H,22,24). The van der Waals surface area contributed by atoms with E-state index in [1.165, 1.54) is 30.7 Å². The molecule has 0 unspecified atom stereocenters. The van der Waals surface area contributed by atoms with E-state index >= 15 is 0 Å². The van der Waals surface area contributed by atoms with Crippen LogP contribution < -0.4 is 10.2 Å². The van der Waals surface area contributed by atoms with Crippen LogP contribution in [0.1, 0.15) is 25.3 Å². The van der Waals surface area contributed by atoms with Crippen LogP contribution in [-0.2, 0) is 11.2 Å². The molecule has 3 rings (SSSR count). The molecule has 126 valence electrons. The molecule has 0 radical (unpaired) electrons. The van der Waals surface area contributed by atoms with Crippen molar-refractivity contribution < 1.29 is 9.18 Å². The van der Waals surface area contributed by atoms with Crippen molar-refractivity contribution in [3.63, 3.8) is 0 Å². The second-order valence-corrected chi connectivity index (χ2v) is 6.57. The molecule has 4 heteroatoms. The van der Waals surface area contributed by atoms with E-state index in [4.69, 9.17) is 0 Å². The Kier molecular flexibility index (Phi) is 5.14. The average Bonchev–Trinajstić information content (AvgIpc) is 2.58. The van der Waals surface area contributed by atoms with Gasteiger partial charge in [0, 0.05) is 24.5 Å². The number of rotatable bonds is 4. The summed E-state index contributed by atoms with van der Waals surface area (Å²) in [6.45, 7) is 4.49. The fourth-order valence-electron chi connectivity index (χ4n) is 3.02. The Balaban J connectivity index is 1.55. The Morgan fingerprint density at radius 1 is 1.08 bits per heavy atom. The molecule has 1 N–H and O–H groups in total. The zero-order valence-electron chi connectivity index (χ0n) is 14.0. The molecule has 1 aliphatic heterocycles. The van der Waals surface area contributed by atoms with Gasteiger partial charge in [-0.15, -0.1) is 0 Å². The quantitative estimate of drug-likeness (QED) is 0.911. The highest BCUT2D eigenvalue weighted by atomic mass is 19.1. The van der Waals surface area contributed by atoms with Crippen molar-refractivity contribution in [1.29, 1.82) is 0 Å². The molecule has 3 nitrogen and oxygen atoms in total. The fourth-order valence-corrected chi connectivity index (χ4v) is 3.02. The maximum Gasteiger partial charge on any atom is 0.228 e. The molecule has 1 heterocycles. The van der Waals surface area contributed by atoms with E-state index in [1.807, 2.05) is 12.1 Å². The topological polar surface area (TPSA) is 32.3 Å². The molecule has 0 bridgehead atoms. The summed E-state index contributed by atoms with van der Waals surface area (Å²) in [6.07, 6.45) is 2.71. The summed E-state index contributed by atoms with van der Waals surface area (Å²) in [5.41, 5.74) is 2.79. The van der Waals surface area contributed by atoms with Crippen molar-refractivity contribution in [2.75, 3.05) is 23.3 Å². The molecular formula is C20H23FN2O. The Hall–Kier alpha value is -2.36. The number of piperidine rings is 1. The molecule has 0 atom stereocenters. The van der Waals surface area contributed by atoms with E-state index in [0.29, 0.717) is 0 Å². The number of hydrogen-bond donors (Lipinski definition) is 1. The second kappa shape index (κ2) is 7.47. The molecule has 0 spiro atoms. The number of nitrogens with one attached hydrogen (secondary N) is 1. The Labute approximate surface area is 142 Å². The summed E-state index contributed by atoms with van der Waals surface area (Å²) in [5, 5.41) is 2.89. The monoisotopic (exact) mass is 326 g/mol. The van der Waals surface area contributed by atoms with Crippen LogP contribution >= 0.6 is 0 Å². The molecule has 24 heavy (non-hydrogen) atoms. The van der Waals surface area contributed by atoms with E-state index in [9.17, 15) is 9.18 Å². The molecule has 2 aromatic rings. The number of amides is 1. The number of carbonyl (C=O) groups excluding carboxylic acids is 1. The van der Waals surface area contributed by atoms with Crippen molar-refractivity contribution in [3.05, 3.63) is 59.9 Å². The second-order valence-electron chi connectivity index (χ2n) is 6.57. The molecule has 1 amide bonds. The van der Waals surface area contributed by atoms with Gasteiger partial charge in [-0.3, -0.25) is 4.79 Å². The van der Waals surface area contributed by atoms with Gasteiger partial charge in [0.05, 0.1) is 6.42 Å². The smallest absolute Gasteiger partial charge is 0.228 e. The van der Waals surface area contributed by atoms with Gasteiger partial charge in [0.1, 0.15) is 5.82 Å². The molecule has 0 saturated carbocycles. The average molecular weight is 326 g/mol. The van der Waals surface area contributed by atoms with Crippen molar-refractivity contribution in [3.8, 4) is 0 Å². The zero-order chi connectivity index (χ0) is 16.9. The SMILES string of the molecule is CC1CCN(c2ccc(NC(=O)Cc3ccc(F)cc3)cc2)CC1. The van der Waals surface area contributed by atoms with E-state index < -0.39 is 0 Å². The summed E-state index contributed by atoms with van der Waals surface area (Å²) < 4.78 is 12.9. The summed E-state index contributed by atoms with van der Waals surface area (Å²) in [7, 11) is 0. The van der Waals surface area contributed by atoms with E-state index in [0.717, 1.165) is 30.3 Å². The minimum absolute atomic E-state index is 0.0962. The van der Waals surface area contributed by atoms with Crippen molar-refractivity contribution >= 4 is 17.3 Å². The highest BCUT2D eigenvalue weighted by Gasteiger charge is 2.15. The summed E-state index contributed by atoms with van der Waals surface area (Å²) in [4.78, 5) is 14.5. The van der Waals surface area contributed by atoms with Gasteiger partial charge in [0.15, 0.2) is 0 Å². The van der Waals surface area contributed by atoms with Gasteiger partial charge in [-0.05, 0) is 60.7 Å². The van der Waals surface area contributed by atoms with Crippen LogP contribution in [0.2, 0.25) is 0 Å². The normalized spacial score (nSPS) is 15.3. The molecular weight excluding hydrogens is 303 g/mol. The first kappa shape index (κ1) is 16.5. The van der Waals surface area contributed by atoms with Gasteiger partial charge in [-0.25, -0.2) is 4.39 Å². The number of nitrogens with zero attached hydrogens (tertiary/aromatic N) is 1. The van der Waals surface area contributed by atoms with Crippen LogP contribution in [-0.4, -0.2) is 19.0 Å². The van der Waals surface area contributed by atoms with Gasteiger partial charge >= 0.3 is 0 Å². The van der Waals surface area contributed by atoms with Gasteiger partial charge in [0.25, 0.3) is 0 Å². The first-order chi connectivity index (χ1) is 11.6. The highest BCUT2D eigenvalue weighted by Crippen LogP contribution is 2.24. The number of halogens is 1. The number of carbonyl (C=O) groups is 1. The van der Waals surface area contributed by atoms with Gasteiger partial charge in [-0.2, -0.15) is 0 Å². The third-order valence-electron chi connectivity index (χ3n) is 4.58. The molecule has 1 saturated heterocycles. The van der Waals surface area contributed by atoms with Crippen LogP contribution in [0.15, 0.2) is 48.5 Å². The van der Waals surface area contributed by atoms with Crippen molar-refractivity contribution in [2.24, 2.45) is 5.92 Å². The largest absolute Gasteiger partial charge is 0.372 e. The number of anilines is 2. The van der Waals surface area contributed by atoms with Crippen LogP contribution in [0, 0.1) is 11.7 Å². The van der Waals surface area contributed by atoms with Crippen molar-refractivity contribution in [2.45, 2.75) is 26.2 Å². The number of hydrogen-bond acceptors (Lipinski definition) is 2. The van der Waals surface area contributed by atoms with Gasteiger partial charge in [-0.1, -0.05) is 19.1 Å². The van der Waals surface area contributed by atoms with E-state index in [2.05, 4.69) is 29.3 Å². The minimum Gasteiger partial charge on any atom is -0.372 e. The Morgan fingerprint density at radius 2 is 1.71 bits per heavy atom. The van der Waals surface area contributed by atoms with Crippen LogP contribution in [0.25, 0.3) is 0 Å². The van der Waals surface area contributed by atoms with E-state index in [1.54, 1.807) is 12.1 Å². The van der Waals surface area contributed by atoms with Crippen LogP contribution in [0.5, 0.6) is 0 Å². The first-order valence-electron chi connectivity index (χ1n) is 8.49.